The van der Waals surface area contributed by atoms with Crippen molar-refractivity contribution in [3.8, 4) is 0 Å². The molecule has 0 aliphatic heterocycles. The molecule has 3 heteroatoms. The highest BCUT2D eigenvalue weighted by Crippen LogP contribution is 2.68. The lowest BCUT2D eigenvalue weighted by molar-refractivity contribution is -0.160. The molecule has 0 aromatic rings. The number of ketones is 3. The highest BCUT2D eigenvalue weighted by Gasteiger charge is 2.67. The van der Waals surface area contributed by atoms with Crippen LogP contribution in [-0.2, 0) is 14.4 Å². The summed E-state index contributed by atoms with van der Waals surface area (Å²) >= 11 is 0. The van der Waals surface area contributed by atoms with Gasteiger partial charge in [-0.15, -0.1) is 0 Å². The van der Waals surface area contributed by atoms with Gasteiger partial charge in [-0.1, -0.05) is 26.3 Å². The number of fused-ring (bicyclic) bond motifs is 5. The van der Waals surface area contributed by atoms with Crippen LogP contribution in [0.5, 0.6) is 0 Å². The minimum Gasteiger partial charge on any atom is -0.299 e. The Morgan fingerprint density at radius 1 is 1.00 bits per heavy atom. The zero-order valence-electron chi connectivity index (χ0n) is 14.4. The lowest BCUT2D eigenvalue weighted by Gasteiger charge is -2.60. The van der Waals surface area contributed by atoms with Crippen molar-refractivity contribution in [2.45, 2.75) is 65.7 Å². The second-order valence-electron chi connectivity index (χ2n) is 8.99. The SMILES string of the molecule is C[C@]12CCC(=O)C=C1CC[C@@H]1C2C(=O)C[C@]2(C)C(=O)CC[C@]12C. The fourth-order valence-electron chi connectivity index (χ4n) is 6.47. The molecule has 1 unspecified atom stereocenters. The Hall–Kier alpha value is -1.25. The summed E-state index contributed by atoms with van der Waals surface area (Å²) in [4.78, 5) is 37.5. The van der Waals surface area contributed by atoms with Gasteiger partial charge in [0.25, 0.3) is 0 Å². The molecule has 3 saturated carbocycles. The maximum Gasteiger partial charge on any atom is 0.155 e. The Labute approximate surface area is 137 Å². The number of carbonyl (C=O) groups is 3. The van der Waals surface area contributed by atoms with E-state index in [1.165, 1.54) is 5.57 Å². The lowest BCUT2D eigenvalue weighted by Crippen LogP contribution is -2.59. The van der Waals surface area contributed by atoms with Gasteiger partial charge in [-0.3, -0.25) is 14.4 Å². The van der Waals surface area contributed by atoms with Gasteiger partial charge in [0.1, 0.15) is 11.6 Å². The Bertz CT molecular complexity index is 660. The molecule has 0 bridgehead atoms. The van der Waals surface area contributed by atoms with E-state index in [-0.39, 0.29) is 40.0 Å². The first-order chi connectivity index (χ1) is 10.7. The topological polar surface area (TPSA) is 51.2 Å². The van der Waals surface area contributed by atoms with Gasteiger partial charge in [0.2, 0.25) is 0 Å². The molecule has 0 amide bonds. The van der Waals surface area contributed by atoms with Gasteiger partial charge in [0, 0.05) is 30.6 Å². The molecule has 4 rings (SSSR count). The highest BCUT2D eigenvalue weighted by atomic mass is 16.1. The van der Waals surface area contributed by atoms with Crippen molar-refractivity contribution in [2.24, 2.45) is 28.1 Å². The fraction of sp³-hybridized carbons (Fsp3) is 0.750. The second kappa shape index (κ2) is 4.43. The van der Waals surface area contributed by atoms with Crippen molar-refractivity contribution < 1.29 is 14.4 Å². The van der Waals surface area contributed by atoms with Crippen molar-refractivity contribution in [3.63, 3.8) is 0 Å². The first kappa shape index (κ1) is 15.3. The van der Waals surface area contributed by atoms with E-state index in [1.54, 1.807) is 0 Å². The van der Waals surface area contributed by atoms with Gasteiger partial charge in [-0.2, -0.15) is 0 Å². The van der Waals surface area contributed by atoms with Gasteiger partial charge in [0.15, 0.2) is 5.78 Å². The number of carbonyl (C=O) groups excluding carboxylic acids is 3. The molecule has 0 aromatic heterocycles. The number of rotatable bonds is 0. The third-order valence-electron chi connectivity index (χ3n) is 8.21. The highest BCUT2D eigenvalue weighted by molar-refractivity contribution is 5.97. The maximum atomic E-state index is 13.1. The molecule has 4 aliphatic rings. The van der Waals surface area contributed by atoms with Crippen LogP contribution in [0.25, 0.3) is 0 Å². The van der Waals surface area contributed by atoms with Crippen LogP contribution in [0.15, 0.2) is 11.6 Å². The summed E-state index contributed by atoms with van der Waals surface area (Å²) in [6, 6.07) is 0. The predicted molar refractivity (Wildman–Crippen MR) is 86.7 cm³/mol. The third kappa shape index (κ3) is 1.69. The molecule has 0 N–H and O–H groups in total. The molecule has 3 fully saturated rings. The summed E-state index contributed by atoms with van der Waals surface area (Å²) in [6.07, 6.45) is 6.99. The Balaban J connectivity index is 1.83. The first-order valence-electron chi connectivity index (χ1n) is 9.02. The predicted octanol–water partition coefficient (Wildman–Crippen LogP) is 3.66. The van der Waals surface area contributed by atoms with Crippen LogP contribution in [0.4, 0.5) is 0 Å². The quantitative estimate of drug-likeness (QED) is 0.685. The number of hydrogen-bond donors (Lipinski definition) is 0. The van der Waals surface area contributed by atoms with Crippen molar-refractivity contribution in [1.29, 1.82) is 0 Å². The van der Waals surface area contributed by atoms with Crippen LogP contribution in [0.2, 0.25) is 0 Å². The molecule has 4 aliphatic carbocycles. The van der Waals surface area contributed by atoms with Crippen molar-refractivity contribution >= 4 is 17.3 Å². The van der Waals surface area contributed by atoms with Gasteiger partial charge >= 0.3 is 0 Å². The van der Waals surface area contributed by atoms with Crippen molar-refractivity contribution in [3.05, 3.63) is 11.6 Å². The lowest BCUT2D eigenvalue weighted by atomic mass is 9.42. The van der Waals surface area contributed by atoms with Crippen LogP contribution >= 0.6 is 0 Å². The van der Waals surface area contributed by atoms with Crippen LogP contribution in [0.3, 0.4) is 0 Å². The van der Waals surface area contributed by atoms with Gasteiger partial charge in [-0.25, -0.2) is 0 Å². The van der Waals surface area contributed by atoms with Gasteiger partial charge in [-0.05, 0) is 48.5 Å². The van der Waals surface area contributed by atoms with Crippen LogP contribution in [0.1, 0.15) is 65.7 Å². The van der Waals surface area contributed by atoms with E-state index in [0.29, 0.717) is 19.3 Å². The van der Waals surface area contributed by atoms with E-state index in [9.17, 15) is 14.4 Å². The van der Waals surface area contributed by atoms with Crippen LogP contribution in [0, 0.1) is 28.1 Å². The molecular weight excluding hydrogens is 288 g/mol. The number of allylic oxidation sites excluding steroid dienone is 1. The minimum atomic E-state index is -0.465. The van der Waals surface area contributed by atoms with Gasteiger partial charge in [0.05, 0.1) is 0 Å². The molecule has 5 atom stereocenters. The van der Waals surface area contributed by atoms with Gasteiger partial charge < -0.3 is 0 Å². The van der Waals surface area contributed by atoms with Crippen LogP contribution < -0.4 is 0 Å². The Kier molecular flexibility index (Phi) is 2.94. The number of Topliss-reactive ketones (excluding diaryl/α,β-unsaturated/α-hetero) is 2. The standard InChI is InChI=1S/C20H26O3/c1-18-8-6-13(21)10-12(18)4-5-14-17(18)15(22)11-20(3)16(23)7-9-19(14,20)2/h10,14,17H,4-9,11H2,1-3H3/t14-,17?,18+,19-,20-/m1/s1. The smallest absolute Gasteiger partial charge is 0.155 e. The molecule has 3 nitrogen and oxygen atoms in total. The second-order valence-corrected chi connectivity index (χ2v) is 8.99. The fourth-order valence-corrected chi connectivity index (χ4v) is 6.47. The van der Waals surface area contributed by atoms with E-state index in [2.05, 4.69) is 13.8 Å². The summed E-state index contributed by atoms with van der Waals surface area (Å²) in [6.45, 7) is 6.49. The van der Waals surface area contributed by atoms with E-state index < -0.39 is 5.41 Å². The average Bonchev–Trinajstić information content (AvgIpc) is 2.72. The molecular formula is C20H26O3. The molecule has 0 aromatic carbocycles. The van der Waals surface area contributed by atoms with E-state index in [0.717, 1.165) is 25.7 Å². The molecule has 23 heavy (non-hydrogen) atoms. The Morgan fingerprint density at radius 3 is 2.48 bits per heavy atom. The molecule has 0 spiro atoms. The van der Waals surface area contributed by atoms with E-state index in [1.807, 2.05) is 13.0 Å². The van der Waals surface area contributed by atoms with Crippen molar-refractivity contribution in [2.75, 3.05) is 0 Å². The zero-order chi connectivity index (χ0) is 16.6. The summed E-state index contributed by atoms with van der Waals surface area (Å²) in [5, 5.41) is 0. The number of hydrogen-bond acceptors (Lipinski definition) is 3. The van der Waals surface area contributed by atoms with E-state index in [4.69, 9.17) is 0 Å². The average molecular weight is 314 g/mol. The third-order valence-corrected chi connectivity index (χ3v) is 8.21. The maximum absolute atomic E-state index is 13.1. The summed E-state index contributed by atoms with van der Waals surface area (Å²) in [7, 11) is 0. The van der Waals surface area contributed by atoms with Crippen LogP contribution in [-0.4, -0.2) is 17.3 Å². The summed E-state index contributed by atoms with van der Waals surface area (Å²) in [5.41, 5.74) is 0.510. The minimum absolute atomic E-state index is 0.000394. The first-order valence-corrected chi connectivity index (χ1v) is 9.02. The Morgan fingerprint density at radius 2 is 1.74 bits per heavy atom. The monoisotopic (exact) mass is 314 g/mol. The largest absolute Gasteiger partial charge is 0.299 e. The molecule has 124 valence electrons. The van der Waals surface area contributed by atoms with Crippen molar-refractivity contribution in [1.82, 2.24) is 0 Å². The molecule has 0 saturated heterocycles. The molecule has 0 heterocycles. The summed E-state index contributed by atoms with van der Waals surface area (Å²) in [5.74, 6) is 1.06. The summed E-state index contributed by atoms with van der Waals surface area (Å²) < 4.78 is 0. The molecule has 0 radical (unpaired) electrons. The normalized spacial score (nSPS) is 49.3. The van der Waals surface area contributed by atoms with E-state index >= 15 is 0 Å². The zero-order valence-corrected chi connectivity index (χ0v) is 14.4.